The molecule has 0 saturated heterocycles. The first-order chi connectivity index (χ1) is 11.8. The van der Waals surface area contributed by atoms with Crippen molar-refractivity contribution < 1.29 is 0 Å². The average molecular weight is 336 g/mol. The van der Waals surface area contributed by atoms with Gasteiger partial charge in [0.15, 0.2) is 5.82 Å². The zero-order valence-corrected chi connectivity index (χ0v) is 13.6. The minimum atomic E-state index is 0.314. The highest BCUT2D eigenvalue weighted by molar-refractivity contribution is 6.32. The Morgan fingerprint density at radius 3 is 2.54 bits per heavy atom. The Hall–Kier alpha value is -2.84. The molecule has 1 aliphatic heterocycles. The summed E-state index contributed by atoms with van der Waals surface area (Å²) >= 11 is 6.22. The predicted molar refractivity (Wildman–Crippen MR) is 92.3 cm³/mol. The highest BCUT2D eigenvalue weighted by atomic mass is 35.5. The highest BCUT2D eigenvalue weighted by Crippen LogP contribution is 2.26. The number of aromatic nitrogens is 3. The van der Waals surface area contributed by atoms with E-state index in [1.54, 1.807) is 6.07 Å². The van der Waals surface area contributed by atoms with Crippen molar-refractivity contribution in [1.82, 2.24) is 15.0 Å². The molecule has 0 spiro atoms. The molecule has 0 N–H and O–H groups in total. The Bertz CT molecular complexity index is 941. The molecule has 2 aromatic carbocycles. The van der Waals surface area contributed by atoms with Gasteiger partial charge in [-0.1, -0.05) is 48.0 Å². The first kappa shape index (κ1) is 14.7. The fraction of sp³-hybridized carbons (Fsp3) is 0.167. The van der Waals surface area contributed by atoms with Gasteiger partial charge in [0.2, 0.25) is 5.69 Å². The third kappa shape index (κ3) is 2.51. The lowest BCUT2D eigenvalue weighted by atomic mass is 10.00. The lowest BCUT2D eigenvalue weighted by Gasteiger charge is -2.28. The number of nitrogens with zero attached hydrogens (tertiary/aromatic N) is 5. The standard InChI is InChI=1S/C18H14ClN5/c19-15-7-3-4-8-17(15)24-21-16(11-20)18(22-24)23-10-9-13-5-1-2-6-14(13)12-23/h1-8H,9-10,12H2. The minimum Gasteiger partial charge on any atom is -0.348 e. The summed E-state index contributed by atoms with van der Waals surface area (Å²) < 4.78 is 0. The van der Waals surface area contributed by atoms with E-state index in [1.807, 2.05) is 24.3 Å². The molecular weight excluding hydrogens is 322 g/mol. The first-order valence-corrected chi connectivity index (χ1v) is 8.08. The topological polar surface area (TPSA) is 57.7 Å². The molecule has 0 radical (unpaired) electrons. The molecule has 0 amide bonds. The van der Waals surface area contributed by atoms with Crippen molar-refractivity contribution in [3.8, 4) is 11.8 Å². The van der Waals surface area contributed by atoms with E-state index in [0.29, 0.717) is 22.2 Å². The molecule has 0 atom stereocenters. The number of para-hydroxylation sites is 1. The van der Waals surface area contributed by atoms with Crippen LogP contribution in [-0.4, -0.2) is 21.5 Å². The first-order valence-electron chi connectivity index (χ1n) is 7.70. The summed E-state index contributed by atoms with van der Waals surface area (Å²) in [5.41, 5.74) is 3.60. The molecule has 3 aromatic rings. The molecule has 2 heterocycles. The quantitative estimate of drug-likeness (QED) is 0.720. The van der Waals surface area contributed by atoms with E-state index in [0.717, 1.165) is 19.5 Å². The van der Waals surface area contributed by atoms with E-state index in [1.165, 1.54) is 15.9 Å². The van der Waals surface area contributed by atoms with Crippen LogP contribution < -0.4 is 4.90 Å². The second-order valence-electron chi connectivity index (χ2n) is 5.67. The molecule has 0 bridgehead atoms. The second kappa shape index (κ2) is 5.99. The Labute approximate surface area is 144 Å². The van der Waals surface area contributed by atoms with Crippen LogP contribution in [0.15, 0.2) is 48.5 Å². The van der Waals surface area contributed by atoms with E-state index in [-0.39, 0.29) is 0 Å². The summed E-state index contributed by atoms with van der Waals surface area (Å²) in [5.74, 6) is 0.604. The molecule has 0 aliphatic carbocycles. The molecule has 4 rings (SSSR count). The van der Waals surface area contributed by atoms with Gasteiger partial charge in [-0.2, -0.15) is 5.26 Å². The Balaban J connectivity index is 1.72. The number of halogens is 1. The number of fused-ring (bicyclic) bond motifs is 1. The summed E-state index contributed by atoms with van der Waals surface area (Å²) in [6.07, 6.45) is 0.931. The summed E-state index contributed by atoms with van der Waals surface area (Å²) in [7, 11) is 0. The largest absolute Gasteiger partial charge is 0.348 e. The summed E-state index contributed by atoms with van der Waals surface area (Å²) in [5, 5.41) is 18.8. The third-order valence-electron chi connectivity index (χ3n) is 4.20. The molecule has 24 heavy (non-hydrogen) atoms. The van der Waals surface area contributed by atoms with Crippen molar-refractivity contribution in [3.63, 3.8) is 0 Å². The van der Waals surface area contributed by atoms with E-state index >= 15 is 0 Å². The van der Waals surface area contributed by atoms with Gasteiger partial charge in [-0.25, -0.2) is 0 Å². The molecule has 1 aliphatic rings. The van der Waals surface area contributed by atoms with E-state index in [2.05, 4.69) is 39.4 Å². The van der Waals surface area contributed by atoms with Crippen LogP contribution in [0.3, 0.4) is 0 Å². The lowest BCUT2D eigenvalue weighted by molar-refractivity contribution is 0.699. The number of nitriles is 1. The Morgan fingerprint density at radius 2 is 1.75 bits per heavy atom. The van der Waals surface area contributed by atoms with Gasteiger partial charge >= 0.3 is 0 Å². The molecule has 1 aromatic heterocycles. The monoisotopic (exact) mass is 335 g/mol. The summed E-state index contributed by atoms with van der Waals surface area (Å²) in [6, 6.07) is 17.8. The normalized spacial score (nSPS) is 13.4. The predicted octanol–water partition coefficient (Wildman–Crippen LogP) is 3.36. The van der Waals surface area contributed by atoms with Gasteiger partial charge in [0.05, 0.1) is 5.02 Å². The smallest absolute Gasteiger partial charge is 0.207 e. The number of benzene rings is 2. The molecule has 6 heteroatoms. The van der Waals surface area contributed by atoms with Crippen LogP contribution in [0.1, 0.15) is 16.8 Å². The SMILES string of the molecule is N#Cc1nn(-c2ccccc2Cl)nc1N1CCc2ccccc2C1. The number of anilines is 1. The molecule has 0 unspecified atom stereocenters. The number of rotatable bonds is 2. The third-order valence-corrected chi connectivity index (χ3v) is 4.52. The van der Waals surface area contributed by atoms with Crippen LogP contribution in [0, 0.1) is 11.3 Å². The van der Waals surface area contributed by atoms with Crippen LogP contribution >= 0.6 is 11.6 Å². The van der Waals surface area contributed by atoms with Gasteiger partial charge < -0.3 is 4.90 Å². The van der Waals surface area contributed by atoms with E-state index < -0.39 is 0 Å². The minimum absolute atomic E-state index is 0.314. The van der Waals surface area contributed by atoms with Crippen LogP contribution in [0.2, 0.25) is 5.02 Å². The number of hydrogen-bond acceptors (Lipinski definition) is 4. The number of hydrogen-bond donors (Lipinski definition) is 0. The molecule has 0 saturated carbocycles. The van der Waals surface area contributed by atoms with Crippen molar-refractivity contribution >= 4 is 17.4 Å². The van der Waals surface area contributed by atoms with Crippen molar-refractivity contribution in [2.45, 2.75) is 13.0 Å². The summed E-state index contributed by atoms with van der Waals surface area (Å²) in [4.78, 5) is 3.54. The van der Waals surface area contributed by atoms with Crippen molar-refractivity contribution in [2.75, 3.05) is 11.4 Å². The maximum Gasteiger partial charge on any atom is 0.207 e. The van der Waals surface area contributed by atoms with Gasteiger partial charge in [-0.05, 0) is 29.7 Å². The van der Waals surface area contributed by atoms with E-state index in [9.17, 15) is 5.26 Å². The summed E-state index contributed by atoms with van der Waals surface area (Å²) in [6.45, 7) is 1.54. The van der Waals surface area contributed by atoms with Gasteiger partial charge in [0.25, 0.3) is 0 Å². The maximum atomic E-state index is 9.45. The molecule has 0 fully saturated rings. The second-order valence-corrected chi connectivity index (χ2v) is 6.07. The van der Waals surface area contributed by atoms with Crippen LogP contribution in [0.25, 0.3) is 5.69 Å². The molecular formula is C18H14ClN5. The zero-order chi connectivity index (χ0) is 16.5. The molecule has 118 valence electrons. The van der Waals surface area contributed by atoms with Gasteiger partial charge in [-0.3, -0.25) is 0 Å². The van der Waals surface area contributed by atoms with Crippen molar-refractivity contribution in [1.29, 1.82) is 5.26 Å². The fourth-order valence-corrected chi connectivity index (χ4v) is 3.19. The lowest BCUT2D eigenvalue weighted by Crippen LogP contribution is -2.31. The van der Waals surface area contributed by atoms with Gasteiger partial charge in [-0.15, -0.1) is 15.0 Å². The highest BCUT2D eigenvalue weighted by Gasteiger charge is 2.23. The Kier molecular flexibility index (Phi) is 3.68. The van der Waals surface area contributed by atoms with Crippen molar-refractivity contribution in [2.24, 2.45) is 0 Å². The van der Waals surface area contributed by atoms with Crippen LogP contribution in [-0.2, 0) is 13.0 Å². The molecule has 5 nitrogen and oxygen atoms in total. The van der Waals surface area contributed by atoms with Crippen molar-refractivity contribution in [3.05, 3.63) is 70.4 Å². The van der Waals surface area contributed by atoms with E-state index in [4.69, 9.17) is 11.6 Å². The van der Waals surface area contributed by atoms with Crippen LogP contribution in [0.4, 0.5) is 5.82 Å². The van der Waals surface area contributed by atoms with Gasteiger partial charge in [0, 0.05) is 13.1 Å². The zero-order valence-electron chi connectivity index (χ0n) is 12.9. The maximum absolute atomic E-state index is 9.45. The van der Waals surface area contributed by atoms with Gasteiger partial charge in [0.1, 0.15) is 11.8 Å². The fourth-order valence-electron chi connectivity index (χ4n) is 2.98. The Morgan fingerprint density at radius 1 is 1.00 bits per heavy atom. The average Bonchev–Trinajstić information content (AvgIpc) is 3.06. The van der Waals surface area contributed by atoms with Crippen LogP contribution in [0.5, 0.6) is 0 Å².